The molecule has 0 amide bonds. The first kappa shape index (κ1) is 67.2. The summed E-state index contributed by atoms with van der Waals surface area (Å²) in [5.74, 6) is 1.78. The van der Waals surface area contributed by atoms with Gasteiger partial charge < -0.3 is 19.3 Å². The molecule has 0 spiro atoms. The number of hydrogen-bond acceptors (Lipinski definition) is 4. The Labute approximate surface area is 645 Å². The van der Waals surface area contributed by atoms with E-state index in [2.05, 4.69) is 407 Å². The second kappa shape index (κ2) is 28.1. The van der Waals surface area contributed by atoms with Crippen LogP contribution in [0.15, 0.2) is 389 Å². The first-order chi connectivity index (χ1) is 54.1. The van der Waals surface area contributed by atoms with Gasteiger partial charge in [0.05, 0.1) is 18.6 Å². The van der Waals surface area contributed by atoms with Crippen LogP contribution in [0.2, 0.25) is 0 Å². The zero-order valence-electron chi connectivity index (χ0n) is 61.9. The third-order valence-electron chi connectivity index (χ3n) is 23.2. The molecule has 0 aliphatic heterocycles. The van der Waals surface area contributed by atoms with Crippen LogP contribution in [0.3, 0.4) is 0 Å². The van der Waals surface area contributed by atoms with Gasteiger partial charge in [-0.1, -0.05) is 306 Å². The van der Waals surface area contributed by atoms with E-state index in [1.807, 2.05) is 18.2 Å². The van der Waals surface area contributed by atoms with E-state index in [4.69, 9.17) is 9.47 Å². The van der Waals surface area contributed by atoms with E-state index in [0.29, 0.717) is 13.2 Å². The van der Waals surface area contributed by atoms with Crippen molar-refractivity contribution in [1.29, 1.82) is 0 Å². The van der Waals surface area contributed by atoms with Gasteiger partial charge in [0.15, 0.2) is 0 Å². The Morgan fingerprint density at radius 3 is 1.18 bits per heavy atom. The molecule has 110 heavy (non-hydrogen) atoms. The van der Waals surface area contributed by atoms with Crippen molar-refractivity contribution in [3.8, 4) is 89.4 Å². The van der Waals surface area contributed by atoms with Crippen LogP contribution >= 0.6 is 0 Å². The fourth-order valence-electron chi connectivity index (χ4n) is 17.5. The van der Waals surface area contributed by atoms with Gasteiger partial charge in [-0.05, 0) is 248 Å². The van der Waals surface area contributed by atoms with Crippen molar-refractivity contribution in [3.05, 3.63) is 450 Å². The van der Waals surface area contributed by atoms with E-state index in [9.17, 15) is 0 Å². The topological polar surface area (TPSA) is 24.9 Å². The second-order valence-corrected chi connectivity index (χ2v) is 29.9. The van der Waals surface area contributed by atoms with Gasteiger partial charge in [-0.15, -0.1) is 0 Å². The molecule has 0 aromatic heterocycles. The Balaban J connectivity index is 0.698. The Morgan fingerprint density at radius 1 is 0.300 bits per heavy atom. The molecule has 526 valence electrons. The minimum atomic E-state index is -0.761. The van der Waals surface area contributed by atoms with Crippen LogP contribution in [0.1, 0.15) is 87.9 Å². The molecule has 2 unspecified atom stereocenters. The Hall–Kier alpha value is -13.4. The molecule has 0 heterocycles. The highest BCUT2D eigenvalue weighted by molar-refractivity contribution is 5.93. The highest BCUT2D eigenvalue weighted by atomic mass is 16.5. The molecular weight excluding hydrogens is 1330 g/mol. The fraction of sp³-hybridized carbons (Fsp3) is 0.0755. The highest BCUT2D eigenvalue weighted by Crippen LogP contribution is 2.59. The molecule has 0 bridgehead atoms. The van der Waals surface area contributed by atoms with Crippen molar-refractivity contribution in [2.45, 2.75) is 50.7 Å². The van der Waals surface area contributed by atoms with Gasteiger partial charge in [0.1, 0.15) is 11.5 Å². The Morgan fingerprint density at radius 2 is 0.664 bits per heavy atom. The van der Waals surface area contributed by atoms with E-state index in [1.165, 1.54) is 94.6 Å². The predicted molar refractivity (Wildman–Crippen MR) is 457 cm³/mol. The third kappa shape index (κ3) is 12.0. The summed E-state index contributed by atoms with van der Waals surface area (Å²) in [6.07, 6.45) is 1.86. The van der Waals surface area contributed by atoms with Gasteiger partial charge in [0.2, 0.25) is 0 Å². The standard InChI is InChI=1S/C106H80N2O2/c1-5-72-29-31-73(32-30-72)69-109-70-74-33-57-91(58-34-74)110-92-59-45-84(46-60-92)106(83-23-13-8-14-24-83)103-65-81(79-39-51-86(52-40-79)107(85-47-35-77(36-48-85)75-19-9-6-10-20-75)89-55-63-95-94-26-16-15-25-93(94)71(2)100(95)67-89)43-61-98(103)99-62-44-82(66-104(99)106)80-41-53-88(54-42-80)108(87-49-37-78(38-50-87)76-21-11-7-12-22-76)90-56-64-97-96-27-17-18-28-101(96)105(3,4)102(97)68-90/h5-68,71H,1,69-70H2,2-4H3. The van der Waals surface area contributed by atoms with E-state index in [1.54, 1.807) is 0 Å². The maximum Gasteiger partial charge on any atom is 0.127 e. The lowest BCUT2D eigenvalue weighted by Gasteiger charge is -2.34. The first-order valence-electron chi connectivity index (χ1n) is 38.2. The summed E-state index contributed by atoms with van der Waals surface area (Å²) in [5.41, 5.74) is 36.0. The molecule has 0 saturated heterocycles. The molecule has 3 aliphatic rings. The summed E-state index contributed by atoms with van der Waals surface area (Å²) >= 11 is 0. The molecule has 4 nitrogen and oxygen atoms in total. The SMILES string of the molecule is C=Cc1ccc(COCc2ccc(Oc3ccc(C4(c5ccccc5)c5cc(-c6ccc(N(c7ccc(-c8ccccc8)cc7)c7ccc8c(c7)C(C)c7ccccc7-8)cc6)ccc5-c5ccc(-c6ccc(N(c7ccc(-c8ccccc8)cc7)c7ccc8c(c7)C(C)(C)c7ccccc7-8)cc6)cc54)cc3)cc2)cc1. The maximum atomic E-state index is 6.71. The van der Waals surface area contributed by atoms with Crippen molar-refractivity contribution >= 4 is 40.2 Å². The fourth-order valence-corrected chi connectivity index (χ4v) is 17.5. The number of rotatable bonds is 19. The average Bonchev–Trinajstić information content (AvgIpc) is 1.53. The van der Waals surface area contributed by atoms with Gasteiger partial charge in [-0.25, -0.2) is 0 Å². The molecule has 16 aromatic rings. The van der Waals surface area contributed by atoms with Gasteiger partial charge in [-0.3, -0.25) is 0 Å². The first-order valence-corrected chi connectivity index (χ1v) is 38.2. The van der Waals surface area contributed by atoms with E-state index >= 15 is 0 Å². The number of benzene rings is 16. The molecule has 0 N–H and O–H groups in total. The number of hydrogen-bond donors (Lipinski definition) is 0. The molecule has 19 rings (SSSR count). The van der Waals surface area contributed by atoms with Crippen LogP contribution in [-0.2, 0) is 28.8 Å². The van der Waals surface area contributed by atoms with Crippen molar-refractivity contribution in [2.24, 2.45) is 0 Å². The average molecular weight is 1410 g/mol. The van der Waals surface area contributed by atoms with Crippen molar-refractivity contribution < 1.29 is 9.47 Å². The van der Waals surface area contributed by atoms with Crippen LogP contribution in [0.25, 0.3) is 84.0 Å². The van der Waals surface area contributed by atoms with E-state index < -0.39 is 5.41 Å². The molecule has 0 fully saturated rings. The van der Waals surface area contributed by atoms with Gasteiger partial charge >= 0.3 is 0 Å². The maximum absolute atomic E-state index is 6.71. The van der Waals surface area contributed by atoms with Crippen molar-refractivity contribution in [1.82, 2.24) is 0 Å². The normalized spacial score (nSPS) is 14.5. The summed E-state index contributed by atoms with van der Waals surface area (Å²) in [7, 11) is 0. The lowest BCUT2D eigenvalue weighted by molar-refractivity contribution is 0.107. The largest absolute Gasteiger partial charge is 0.457 e. The second-order valence-electron chi connectivity index (χ2n) is 29.9. The van der Waals surface area contributed by atoms with Crippen molar-refractivity contribution in [3.63, 3.8) is 0 Å². The van der Waals surface area contributed by atoms with Crippen LogP contribution in [0.5, 0.6) is 11.5 Å². The van der Waals surface area contributed by atoms with Crippen LogP contribution in [0, 0.1) is 0 Å². The van der Waals surface area contributed by atoms with Crippen molar-refractivity contribution in [2.75, 3.05) is 9.80 Å². The molecule has 3 aliphatic carbocycles. The molecule has 0 saturated carbocycles. The molecule has 16 aromatic carbocycles. The molecular formula is C106H80N2O2. The lowest BCUT2D eigenvalue weighted by atomic mass is 9.67. The molecule has 4 heteroatoms. The van der Waals surface area contributed by atoms with Gasteiger partial charge in [0, 0.05) is 45.5 Å². The van der Waals surface area contributed by atoms with Crippen LogP contribution in [-0.4, -0.2) is 0 Å². The number of ether oxygens (including phenoxy) is 2. The van der Waals surface area contributed by atoms with Crippen LogP contribution < -0.4 is 14.5 Å². The van der Waals surface area contributed by atoms with Gasteiger partial charge in [0.25, 0.3) is 0 Å². The number of anilines is 6. The monoisotopic (exact) mass is 1410 g/mol. The zero-order valence-corrected chi connectivity index (χ0v) is 61.9. The summed E-state index contributed by atoms with van der Waals surface area (Å²) in [6, 6.07) is 140. The van der Waals surface area contributed by atoms with Crippen LogP contribution in [0.4, 0.5) is 34.1 Å². The highest BCUT2D eigenvalue weighted by Gasteiger charge is 2.47. The summed E-state index contributed by atoms with van der Waals surface area (Å²) < 4.78 is 12.9. The van der Waals surface area contributed by atoms with E-state index in [-0.39, 0.29) is 11.3 Å². The Kier molecular flexibility index (Phi) is 17.2. The lowest BCUT2D eigenvalue weighted by Crippen LogP contribution is -2.28. The number of nitrogens with zero attached hydrogens (tertiary/aromatic N) is 2. The quantitative estimate of drug-likeness (QED) is 0.0806. The molecule has 0 radical (unpaired) electrons. The minimum Gasteiger partial charge on any atom is -0.457 e. The summed E-state index contributed by atoms with van der Waals surface area (Å²) in [5, 5.41) is 0. The summed E-state index contributed by atoms with van der Waals surface area (Å²) in [4.78, 5) is 4.83. The third-order valence-corrected chi connectivity index (χ3v) is 23.2. The Bertz CT molecular complexity index is 6090. The van der Waals surface area contributed by atoms with Gasteiger partial charge in [-0.2, -0.15) is 0 Å². The minimum absolute atomic E-state index is 0.165. The summed E-state index contributed by atoms with van der Waals surface area (Å²) in [6.45, 7) is 12.0. The smallest absolute Gasteiger partial charge is 0.127 e. The number of fused-ring (bicyclic) bond motifs is 9. The van der Waals surface area contributed by atoms with E-state index in [0.717, 1.165) is 90.1 Å². The molecule has 2 atom stereocenters. The zero-order chi connectivity index (χ0) is 73.9. The predicted octanol–water partition coefficient (Wildman–Crippen LogP) is 28.2.